The number of halogens is 6. The maximum absolute atomic E-state index is 14.1. The van der Waals surface area contributed by atoms with Crippen molar-refractivity contribution in [3.8, 4) is 17.0 Å². The van der Waals surface area contributed by atoms with Crippen molar-refractivity contribution < 1.29 is 26.7 Å². The molecule has 0 spiro atoms. The molecule has 0 bridgehead atoms. The van der Waals surface area contributed by atoms with Crippen LogP contribution in [-0.2, 0) is 12.8 Å². The second kappa shape index (κ2) is 7.44. The van der Waals surface area contributed by atoms with E-state index < -0.39 is 35.0 Å². The summed E-state index contributed by atoms with van der Waals surface area (Å²) < 4.78 is 76.9. The van der Waals surface area contributed by atoms with Crippen molar-refractivity contribution >= 4 is 23.1 Å². The average Bonchev–Trinajstić information content (AvgIpc) is 3.03. The van der Waals surface area contributed by atoms with Gasteiger partial charge in [-0.2, -0.15) is 17.5 Å². The van der Waals surface area contributed by atoms with E-state index in [1.54, 1.807) is 0 Å². The van der Waals surface area contributed by atoms with Crippen LogP contribution in [0, 0.1) is 18.6 Å². The van der Waals surface area contributed by atoms with Crippen LogP contribution in [0.15, 0.2) is 36.4 Å². The molecule has 3 rings (SSSR count). The Morgan fingerprint density at radius 1 is 1.07 bits per heavy atom. The highest BCUT2D eigenvalue weighted by Gasteiger charge is 2.38. The molecule has 0 amide bonds. The quantitative estimate of drug-likeness (QED) is 0.442. The number of alkyl halides is 3. The van der Waals surface area contributed by atoms with Gasteiger partial charge in [0, 0.05) is 16.1 Å². The molecule has 0 fully saturated rings. The van der Waals surface area contributed by atoms with E-state index in [9.17, 15) is 22.0 Å². The van der Waals surface area contributed by atoms with E-state index in [0.717, 1.165) is 6.07 Å². The molecule has 27 heavy (non-hydrogen) atoms. The standard InChI is InChI=1S/C18H11ClF5NOS/c1-9-2-7-13(20)16(14(9)21)26-8-12-15(10-3-5-11(19)6-4-10)25-27-17(12)18(22,23)24/h2-7H,8H2,1H3. The number of benzene rings is 2. The minimum Gasteiger partial charge on any atom is -0.483 e. The van der Waals surface area contributed by atoms with Crippen molar-refractivity contribution in [1.82, 2.24) is 4.37 Å². The topological polar surface area (TPSA) is 22.1 Å². The van der Waals surface area contributed by atoms with E-state index in [2.05, 4.69) is 4.37 Å². The molecule has 0 N–H and O–H groups in total. The molecular weight excluding hydrogens is 409 g/mol. The molecule has 0 aliphatic carbocycles. The van der Waals surface area contributed by atoms with Crippen molar-refractivity contribution in [3.05, 3.63) is 69.1 Å². The molecule has 1 heterocycles. The summed E-state index contributed by atoms with van der Waals surface area (Å²) in [5.41, 5.74) is 0.228. The molecule has 0 aliphatic rings. The number of hydrogen-bond acceptors (Lipinski definition) is 3. The van der Waals surface area contributed by atoms with Crippen molar-refractivity contribution in [2.24, 2.45) is 0 Å². The zero-order valence-corrected chi connectivity index (χ0v) is 15.3. The third kappa shape index (κ3) is 4.06. The Kier molecular flexibility index (Phi) is 5.39. The summed E-state index contributed by atoms with van der Waals surface area (Å²) >= 11 is 6.06. The number of hydrogen-bond donors (Lipinski definition) is 0. The van der Waals surface area contributed by atoms with E-state index in [0.29, 0.717) is 10.6 Å². The molecule has 9 heteroatoms. The summed E-state index contributed by atoms with van der Waals surface area (Å²) in [6, 6.07) is 8.24. The highest BCUT2D eigenvalue weighted by atomic mass is 35.5. The van der Waals surface area contributed by atoms with Crippen LogP contribution in [0.5, 0.6) is 5.75 Å². The Hall–Kier alpha value is -2.19. The van der Waals surface area contributed by atoms with Crippen LogP contribution in [0.25, 0.3) is 11.3 Å². The van der Waals surface area contributed by atoms with Crippen molar-refractivity contribution in [2.75, 3.05) is 0 Å². The van der Waals surface area contributed by atoms with Gasteiger partial charge in [-0.3, -0.25) is 0 Å². The maximum atomic E-state index is 14.1. The second-order valence-electron chi connectivity index (χ2n) is 5.64. The van der Waals surface area contributed by atoms with E-state index >= 15 is 0 Å². The van der Waals surface area contributed by atoms with Gasteiger partial charge in [-0.15, -0.1) is 0 Å². The first kappa shape index (κ1) is 19.6. The molecule has 0 saturated heterocycles. The predicted molar refractivity (Wildman–Crippen MR) is 93.0 cm³/mol. The molecule has 0 atom stereocenters. The summed E-state index contributed by atoms with van der Waals surface area (Å²) in [5, 5.41) is 0.409. The summed E-state index contributed by atoms with van der Waals surface area (Å²) in [6.45, 7) is 0.703. The highest BCUT2D eigenvalue weighted by molar-refractivity contribution is 7.06. The van der Waals surface area contributed by atoms with Crippen LogP contribution < -0.4 is 4.74 Å². The molecular formula is C18H11ClF5NOS. The third-order valence-corrected chi connectivity index (χ3v) is 4.95. The van der Waals surface area contributed by atoms with E-state index in [4.69, 9.17) is 16.3 Å². The van der Waals surface area contributed by atoms with Gasteiger partial charge >= 0.3 is 6.18 Å². The Labute approximate surface area is 160 Å². The molecule has 142 valence electrons. The largest absolute Gasteiger partial charge is 0.483 e. The number of aryl methyl sites for hydroxylation is 1. The van der Waals surface area contributed by atoms with Crippen molar-refractivity contribution in [3.63, 3.8) is 0 Å². The molecule has 1 aromatic heterocycles. The molecule has 3 aromatic rings. The van der Waals surface area contributed by atoms with Gasteiger partial charge in [-0.25, -0.2) is 8.78 Å². The Morgan fingerprint density at radius 2 is 1.74 bits per heavy atom. The first-order valence-corrected chi connectivity index (χ1v) is 8.72. The van der Waals surface area contributed by atoms with E-state index in [1.807, 2.05) is 0 Å². The van der Waals surface area contributed by atoms with Gasteiger partial charge < -0.3 is 4.74 Å². The molecule has 0 aliphatic heterocycles. The zero-order valence-electron chi connectivity index (χ0n) is 13.7. The third-order valence-electron chi connectivity index (χ3n) is 3.77. The van der Waals surface area contributed by atoms with Gasteiger partial charge in [0.25, 0.3) is 0 Å². The van der Waals surface area contributed by atoms with E-state index in [-0.39, 0.29) is 28.4 Å². The van der Waals surface area contributed by atoms with Gasteiger partial charge in [0.15, 0.2) is 17.4 Å². The first-order chi connectivity index (χ1) is 12.7. The average molecular weight is 420 g/mol. The molecule has 2 aromatic carbocycles. The molecule has 2 nitrogen and oxygen atoms in total. The van der Waals surface area contributed by atoms with Crippen LogP contribution in [0.1, 0.15) is 16.0 Å². The van der Waals surface area contributed by atoms with Gasteiger partial charge in [0.1, 0.15) is 11.5 Å². The number of nitrogens with zero attached hydrogens (tertiary/aromatic N) is 1. The zero-order chi connectivity index (χ0) is 19.8. The molecule has 0 saturated carbocycles. The summed E-state index contributed by atoms with van der Waals surface area (Å²) in [6.07, 6.45) is -4.68. The lowest BCUT2D eigenvalue weighted by molar-refractivity contribution is -0.135. The van der Waals surface area contributed by atoms with Crippen molar-refractivity contribution in [2.45, 2.75) is 19.7 Å². The van der Waals surface area contributed by atoms with E-state index in [1.165, 1.54) is 37.3 Å². The smallest absolute Gasteiger partial charge is 0.427 e. The maximum Gasteiger partial charge on any atom is 0.427 e. The predicted octanol–water partition coefficient (Wildman–Crippen LogP) is 6.65. The fourth-order valence-corrected chi connectivity index (χ4v) is 3.30. The molecule has 0 radical (unpaired) electrons. The lowest BCUT2D eigenvalue weighted by Gasteiger charge is -2.12. The summed E-state index contributed by atoms with van der Waals surface area (Å²) in [5.74, 6) is -2.68. The van der Waals surface area contributed by atoms with Gasteiger partial charge in [-0.05, 0) is 42.2 Å². The first-order valence-electron chi connectivity index (χ1n) is 7.57. The second-order valence-corrected chi connectivity index (χ2v) is 6.85. The summed E-state index contributed by atoms with van der Waals surface area (Å²) in [4.78, 5) is -0.985. The van der Waals surface area contributed by atoms with Crippen LogP contribution in [0.4, 0.5) is 22.0 Å². The lowest BCUT2D eigenvalue weighted by Crippen LogP contribution is -2.09. The Bertz CT molecular complexity index is 969. The number of rotatable bonds is 4. The van der Waals surface area contributed by atoms with Crippen LogP contribution in [-0.4, -0.2) is 4.37 Å². The normalized spacial score (nSPS) is 11.7. The lowest BCUT2D eigenvalue weighted by atomic mass is 10.1. The van der Waals surface area contributed by atoms with Crippen LogP contribution >= 0.6 is 23.1 Å². The van der Waals surface area contributed by atoms with Crippen LogP contribution in [0.3, 0.4) is 0 Å². The monoisotopic (exact) mass is 419 g/mol. The van der Waals surface area contributed by atoms with Crippen LogP contribution in [0.2, 0.25) is 5.02 Å². The van der Waals surface area contributed by atoms with Gasteiger partial charge in [0.2, 0.25) is 0 Å². The minimum atomic E-state index is -4.68. The fourth-order valence-electron chi connectivity index (χ4n) is 2.41. The molecule has 0 unspecified atom stereocenters. The number of aromatic nitrogens is 1. The SMILES string of the molecule is Cc1ccc(F)c(OCc2c(-c3ccc(Cl)cc3)nsc2C(F)(F)F)c1F. The summed E-state index contributed by atoms with van der Waals surface area (Å²) in [7, 11) is 0. The number of ether oxygens (including phenoxy) is 1. The highest BCUT2D eigenvalue weighted by Crippen LogP contribution is 2.40. The Balaban J connectivity index is 2.02. The Morgan fingerprint density at radius 3 is 2.37 bits per heavy atom. The fraction of sp³-hybridized carbons (Fsp3) is 0.167. The van der Waals surface area contributed by atoms with Crippen molar-refractivity contribution in [1.29, 1.82) is 0 Å². The minimum absolute atomic E-state index is 0.0254. The van der Waals surface area contributed by atoms with Gasteiger partial charge in [-0.1, -0.05) is 29.8 Å². The van der Waals surface area contributed by atoms with Gasteiger partial charge in [0.05, 0.1) is 5.69 Å².